The molecule has 0 atom stereocenters. The van der Waals surface area contributed by atoms with Gasteiger partial charge in [-0.3, -0.25) is 9.59 Å². The maximum Gasteiger partial charge on any atom is 0.240 e. The Hall–Kier alpha value is -3.02. The van der Waals surface area contributed by atoms with Crippen LogP contribution in [0.5, 0.6) is 11.5 Å². The highest BCUT2D eigenvalue weighted by Crippen LogP contribution is 2.31. The second-order valence-electron chi connectivity index (χ2n) is 6.08. The molecule has 0 spiro atoms. The minimum atomic E-state index is -0.221. The standard InChI is InChI=1S/C21H26N2O4/c1-16(24)23(18-11-12-19(26-2)20(14-18)27-3)15-21(25)22-13-7-10-17-8-5-4-6-9-17/h4-6,8-9,11-12,14H,7,10,13,15H2,1-3H3,(H,22,25). The molecule has 0 fully saturated rings. The molecule has 0 aromatic heterocycles. The molecule has 0 bridgehead atoms. The molecule has 0 aliphatic rings. The Kier molecular flexibility index (Phi) is 7.67. The zero-order valence-electron chi connectivity index (χ0n) is 16.0. The van der Waals surface area contributed by atoms with Crippen LogP contribution in [0.1, 0.15) is 18.9 Å². The normalized spacial score (nSPS) is 10.2. The predicted molar refractivity (Wildman–Crippen MR) is 105 cm³/mol. The van der Waals surface area contributed by atoms with Gasteiger partial charge in [-0.2, -0.15) is 0 Å². The predicted octanol–water partition coefficient (Wildman–Crippen LogP) is 2.81. The van der Waals surface area contributed by atoms with Crippen molar-refractivity contribution in [1.29, 1.82) is 0 Å². The fourth-order valence-corrected chi connectivity index (χ4v) is 2.74. The smallest absolute Gasteiger partial charge is 0.240 e. The topological polar surface area (TPSA) is 67.9 Å². The van der Waals surface area contributed by atoms with Gasteiger partial charge in [0, 0.05) is 25.2 Å². The van der Waals surface area contributed by atoms with Crippen molar-refractivity contribution in [2.24, 2.45) is 0 Å². The van der Waals surface area contributed by atoms with Crippen LogP contribution in [0.2, 0.25) is 0 Å². The summed E-state index contributed by atoms with van der Waals surface area (Å²) in [6.07, 6.45) is 1.74. The first kappa shape index (κ1) is 20.3. The van der Waals surface area contributed by atoms with Crippen molar-refractivity contribution in [3.05, 3.63) is 54.1 Å². The second kappa shape index (κ2) is 10.2. The lowest BCUT2D eigenvalue weighted by Crippen LogP contribution is -2.40. The largest absolute Gasteiger partial charge is 0.493 e. The Morgan fingerprint density at radius 1 is 1.00 bits per heavy atom. The minimum absolute atomic E-state index is 0.0455. The molecule has 0 unspecified atom stereocenters. The molecule has 27 heavy (non-hydrogen) atoms. The lowest BCUT2D eigenvalue weighted by atomic mass is 10.1. The van der Waals surface area contributed by atoms with Crippen molar-refractivity contribution in [1.82, 2.24) is 5.32 Å². The van der Waals surface area contributed by atoms with Crippen LogP contribution in [0.3, 0.4) is 0 Å². The summed E-state index contributed by atoms with van der Waals surface area (Å²) in [5.74, 6) is 0.648. The van der Waals surface area contributed by atoms with Crippen molar-refractivity contribution >= 4 is 17.5 Å². The molecular weight excluding hydrogens is 344 g/mol. The number of carbonyl (C=O) groups excluding carboxylic acids is 2. The molecule has 0 aliphatic carbocycles. The Morgan fingerprint density at radius 2 is 1.70 bits per heavy atom. The number of aryl methyl sites for hydroxylation is 1. The molecule has 0 saturated carbocycles. The number of nitrogens with one attached hydrogen (secondary N) is 1. The SMILES string of the molecule is COc1ccc(N(CC(=O)NCCCc2ccccc2)C(C)=O)cc1OC. The first-order valence-corrected chi connectivity index (χ1v) is 8.86. The molecule has 2 rings (SSSR count). The van der Waals surface area contributed by atoms with Crippen molar-refractivity contribution in [2.45, 2.75) is 19.8 Å². The van der Waals surface area contributed by atoms with E-state index in [0.29, 0.717) is 23.7 Å². The van der Waals surface area contributed by atoms with Crippen molar-refractivity contribution in [3.8, 4) is 11.5 Å². The highest BCUT2D eigenvalue weighted by molar-refractivity contribution is 5.97. The van der Waals surface area contributed by atoms with E-state index in [4.69, 9.17) is 9.47 Å². The van der Waals surface area contributed by atoms with E-state index in [1.165, 1.54) is 24.5 Å². The van der Waals surface area contributed by atoms with Crippen LogP contribution in [-0.2, 0) is 16.0 Å². The van der Waals surface area contributed by atoms with E-state index in [-0.39, 0.29) is 18.4 Å². The number of amides is 2. The van der Waals surface area contributed by atoms with Gasteiger partial charge < -0.3 is 19.7 Å². The summed E-state index contributed by atoms with van der Waals surface area (Å²) in [6, 6.07) is 15.2. The lowest BCUT2D eigenvalue weighted by molar-refractivity contribution is -0.123. The average molecular weight is 370 g/mol. The second-order valence-corrected chi connectivity index (χ2v) is 6.08. The van der Waals surface area contributed by atoms with Crippen molar-refractivity contribution < 1.29 is 19.1 Å². The number of hydrogen-bond acceptors (Lipinski definition) is 4. The molecular formula is C21H26N2O4. The summed E-state index contributed by atoms with van der Waals surface area (Å²) in [5, 5.41) is 2.87. The van der Waals surface area contributed by atoms with Gasteiger partial charge in [-0.05, 0) is 30.5 Å². The van der Waals surface area contributed by atoms with E-state index in [2.05, 4.69) is 17.4 Å². The molecule has 2 amide bonds. The van der Waals surface area contributed by atoms with E-state index in [0.717, 1.165) is 12.8 Å². The van der Waals surface area contributed by atoms with E-state index in [1.807, 2.05) is 18.2 Å². The van der Waals surface area contributed by atoms with Crippen LogP contribution < -0.4 is 19.7 Å². The third-order valence-corrected chi connectivity index (χ3v) is 4.17. The van der Waals surface area contributed by atoms with Crippen molar-refractivity contribution in [3.63, 3.8) is 0 Å². The third kappa shape index (κ3) is 6.02. The van der Waals surface area contributed by atoms with Crippen molar-refractivity contribution in [2.75, 3.05) is 32.2 Å². The summed E-state index contributed by atoms with van der Waals surface area (Å²) in [5.41, 5.74) is 1.82. The van der Waals surface area contributed by atoms with Gasteiger partial charge in [0.05, 0.1) is 14.2 Å². The highest BCUT2D eigenvalue weighted by Gasteiger charge is 2.17. The van der Waals surface area contributed by atoms with Gasteiger partial charge in [-0.15, -0.1) is 0 Å². The van der Waals surface area contributed by atoms with Gasteiger partial charge in [0.2, 0.25) is 11.8 Å². The summed E-state index contributed by atoms with van der Waals surface area (Å²) < 4.78 is 10.5. The van der Waals surface area contributed by atoms with E-state index in [9.17, 15) is 9.59 Å². The molecule has 0 saturated heterocycles. The average Bonchev–Trinajstić information content (AvgIpc) is 2.69. The van der Waals surface area contributed by atoms with E-state index >= 15 is 0 Å². The van der Waals surface area contributed by atoms with Gasteiger partial charge in [-0.1, -0.05) is 30.3 Å². The van der Waals surface area contributed by atoms with Gasteiger partial charge in [-0.25, -0.2) is 0 Å². The van der Waals surface area contributed by atoms with E-state index < -0.39 is 0 Å². The number of ether oxygens (including phenoxy) is 2. The maximum atomic E-state index is 12.3. The molecule has 144 valence electrons. The van der Waals surface area contributed by atoms with Crippen LogP contribution in [0.4, 0.5) is 5.69 Å². The van der Waals surface area contributed by atoms with Crippen LogP contribution in [-0.4, -0.2) is 39.1 Å². The fourth-order valence-electron chi connectivity index (χ4n) is 2.74. The number of methoxy groups -OCH3 is 2. The number of nitrogens with zero attached hydrogens (tertiary/aromatic N) is 1. The highest BCUT2D eigenvalue weighted by atomic mass is 16.5. The summed E-state index contributed by atoms with van der Waals surface area (Å²) in [7, 11) is 3.07. The molecule has 1 N–H and O–H groups in total. The number of benzene rings is 2. The Morgan fingerprint density at radius 3 is 2.33 bits per heavy atom. The number of carbonyl (C=O) groups is 2. The minimum Gasteiger partial charge on any atom is -0.493 e. The Labute approximate surface area is 160 Å². The third-order valence-electron chi connectivity index (χ3n) is 4.17. The quantitative estimate of drug-likeness (QED) is 0.689. The number of hydrogen-bond donors (Lipinski definition) is 1. The molecule has 6 nitrogen and oxygen atoms in total. The van der Waals surface area contributed by atoms with E-state index in [1.54, 1.807) is 25.3 Å². The molecule has 0 aliphatic heterocycles. The number of rotatable bonds is 9. The molecule has 0 radical (unpaired) electrons. The van der Waals surface area contributed by atoms with Crippen LogP contribution in [0, 0.1) is 0 Å². The monoisotopic (exact) mass is 370 g/mol. The Bertz CT molecular complexity index is 762. The van der Waals surface area contributed by atoms with Gasteiger partial charge in [0.15, 0.2) is 11.5 Å². The molecule has 0 heterocycles. The van der Waals surface area contributed by atoms with Gasteiger partial charge >= 0.3 is 0 Å². The van der Waals surface area contributed by atoms with Crippen LogP contribution in [0.15, 0.2) is 48.5 Å². The molecule has 2 aromatic carbocycles. The Balaban J connectivity index is 1.91. The maximum absolute atomic E-state index is 12.3. The first-order valence-electron chi connectivity index (χ1n) is 8.86. The lowest BCUT2D eigenvalue weighted by Gasteiger charge is -2.22. The zero-order valence-corrected chi connectivity index (χ0v) is 16.0. The van der Waals surface area contributed by atoms with Crippen LogP contribution in [0.25, 0.3) is 0 Å². The zero-order chi connectivity index (χ0) is 19.6. The summed E-state index contributed by atoms with van der Waals surface area (Å²) in [6.45, 7) is 1.95. The van der Waals surface area contributed by atoms with Gasteiger partial charge in [0.25, 0.3) is 0 Å². The molecule has 6 heteroatoms. The summed E-state index contributed by atoms with van der Waals surface area (Å²) in [4.78, 5) is 25.7. The fraction of sp³-hybridized carbons (Fsp3) is 0.333. The molecule has 2 aromatic rings. The summed E-state index contributed by atoms with van der Waals surface area (Å²) >= 11 is 0. The van der Waals surface area contributed by atoms with Gasteiger partial charge in [0.1, 0.15) is 6.54 Å². The first-order chi connectivity index (χ1) is 13.0. The van der Waals surface area contributed by atoms with Crippen LogP contribution >= 0.6 is 0 Å². The number of anilines is 1.